The zero-order valence-corrected chi connectivity index (χ0v) is 14.5. The number of aryl methyl sites for hydroxylation is 2. The number of rotatable bonds is 4. The van der Waals surface area contributed by atoms with Crippen molar-refractivity contribution in [1.82, 2.24) is 19.8 Å². The monoisotopic (exact) mass is 337 g/mol. The Kier molecular flexibility index (Phi) is 4.24. The highest BCUT2D eigenvalue weighted by Gasteiger charge is 2.29. The molecule has 3 N–H and O–H groups in total. The zero-order valence-electron chi connectivity index (χ0n) is 12.8. The van der Waals surface area contributed by atoms with Crippen molar-refractivity contribution in [3.63, 3.8) is 0 Å². The molecule has 3 heterocycles. The first kappa shape index (κ1) is 15.5. The Balaban J connectivity index is 1.78. The maximum Gasteiger partial charge on any atom is 0.263 e. The van der Waals surface area contributed by atoms with Crippen LogP contribution in [0, 0.1) is 13.8 Å². The summed E-state index contributed by atoms with van der Waals surface area (Å²) < 4.78 is 2.25. The minimum Gasteiger partial charge on any atom is -0.397 e. The summed E-state index contributed by atoms with van der Waals surface area (Å²) in [5.41, 5.74) is 8.54. The zero-order chi connectivity index (χ0) is 15.9. The van der Waals surface area contributed by atoms with Gasteiger partial charge in [0.2, 0.25) is 0 Å². The molecule has 22 heavy (non-hydrogen) atoms. The Labute approximate surface area is 137 Å². The van der Waals surface area contributed by atoms with Crippen LogP contribution >= 0.6 is 23.3 Å². The van der Waals surface area contributed by atoms with Gasteiger partial charge in [-0.1, -0.05) is 18.9 Å². The molecule has 0 radical (unpaired) electrons. The number of hydrogen-bond donors (Lipinski definition) is 2. The lowest BCUT2D eigenvalue weighted by Crippen LogP contribution is -2.56. The largest absolute Gasteiger partial charge is 0.397 e. The Morgan fingerprint density at radius 2 is 2.18 bits per heavy atom. The molecule has 0 aliphatic carbocycles. The number of aromatic nitrogens is 2. The Hall–Kier alpha value is -1.38. The molecule has 0 unspecified atom stereocenters. The second kappa shape index (κ2) is 6.02. The van der Waals surface area contributed by atoms with Gasteiger partial charge in [0.1, 0.15) is 9.71 Å². The van der Waals surface area contributed by atoms with E-state index < -0.39 is 0 Å². The smallest absolute Gasteiger partial charge is 0.263 e. The number of carbonyl (C=O) groups excluding carboxylic acids is 1. The molecule has 3 rings (SSSR count). The van der Waals surface area contributed by atoms with Gasteiger partial charge in [0.05, 0.1) is 17.4 Å². The van der Waals surface area contributed by atoms with Crippen molar-refractivity contribution >= 4 is 45.1 Å². The molecule has 1 fully saturated rings. The topological polar surface area (TPSA) is 84.1 Å². The number of nitrogen functional groups attached to an aromatic ring is 1. The molecular formula is C14H19N5OS2. The molecule has 118 valence electrons. The van der Waals surface area contributed by atoms with Crippen molar-refractivity contribution < 1.29 is 4.79 Å². The van der Waals surface area contributed by atoms with E-state index in [1.807, 2.05) is 13.8 Å². The lowest BCUT2D eigenvalue weighted by Gasteiger charge is -2.38. The van der Waals surface area contributed by atoms with Crippen molar-refractivity contribution in [2.24, 2.45) is 0 Å². The summed E-state index contributed by atoms with van der Waals surface area (Å²) in [6, 6.07) is 0.199. The number of thiophene rings is 1. The van der Waals surface area contributed by atoms with Gasteiger partial charge in [0, 0.05) is 24.2 Å². The SMILES string of the molecule is CCSN1CC(NC(=O)c2sc3nnc(C)c(C)c3c2N)C1. The second-order valence-corrected chi connectivity index (χ2v) is 7.72. The number of anilines is 1. The number of hydrogen-bond acceptors (Lipinski definition) is 7. The molecule has 0 bridgehead atoms. The predicted octanol–water partition coefficient (Wildman–Crippen LogP) is 1.97. The van der Waals surface area contributed by atoms with Crippen molar-refractivity contribution in [3.05, 3.63) is 16.1 Å². The maximum atomic E-state index is 12.4. The Morgan fingerprint density at radius 3 is 2.86 bits per heavy atom. The minimum absolute atomic E-state index is 0.108. The van der Waals surface area contributed by atoms with Crippen molar-refractivity contribution in [2.45, 2.75) is 26.8 Å². The summed E-state index contributed by atoms with van der Waals surface area (Å²) in [5.74, 6) is 0.949. The number of amides is 1. The third-order valence-electron chi connectivity index (χ3n) is 3.84. The van der Waals surface area contributed by atoms with E-state index in [2.05, 4.69) is 26.7 Å². The molecule has 1 aliphatic rings. The van der Waals surface area contributed by atoms with Crippen LogP contribution in [0.25, 0.3) is 10.2 Å². The third-order valence-corrected chi connectivity index (χ3v) is 5.85. The minimum atomic E-state index is -0.108. The van der Waals surface area contributed by atoms with Gasteiger partial charge in [-0.3, -0.25) is 4.79 Å². The van der Waals surface area contributed by atoms with Gasteiger partial charge >= 0.3 is 0 Å². The fourth-order valence-electron chi connectivity index (χ4n) is 2.48. The number of nitrogens with one attached hydrogen (secondary N) is 1. The first-order chi connectivity index (χ1) is 10.5. The number of nitrogens with two attached hydrogens (primary N) is 1. The highest BCUT2D eigenvalue weighted by molar-refractivity contribution is 7.97. The van der Waals surface area contributed by atoms with Crippen LogP contribution in [0.15, 0.2) is 0 Å². The quantitative estimate of drug-likeness (QED) is 0.830. The van der Waals surface area contributed by atoms with Crippen LogP contribution in [0.1, 0.15) is 27.9 Å². The van der Waals surface area contributed by atoms with Gasteiger partial charge in [-0.25, -0.2) is 4.31 Å². The molecular weight excluding hydrogens is 318 g/mol. The van der Waals surface area contributed by atoms with E-state index >= 15 is 0 Å². The van der Waals surface area contributed by atoms with E-state index in [1.54, 1.807) is 11.9 Å². The van der Waals surface area contributed by atoms with E-state index in [0.717, 1.165) is 40.3 Å². The molecule has 1 amide bonds. The average molecular weight is 337 g/mol. The van der Waals surface area contributed by atoms with E-state index in [1.165, 1.54) is 11.3 Å². The van der Waals surface area contributed by atoms with Crippen LogP contribution in [-0.4, -0.2) is 45.3 Å². The van der Waals surface area contributed by atoms with Gasteiger partial charge in [0.15, 0.2) is 0 Å². The first-order valence-corrected chi connectivity index (χ1v) is 8.97. The molecule has 2 aromatic heterocycles. The van der Waals surface area contributed by atoms with Gasteiger partial charge in [-0.05, 0) is 19.4 Å². The summed E-state index contributed by atoms with van der Waals surface area (Å²) in [6.45, 7) is 7.75. The van der Waals surface area contributed by atoms with Gasteiger partial charge in [0.25, 0.3) is 5.91 Å². The second-order valence-electron chi connectivity index (χ2n) is 5.37. The molecule has 1 aliphatic heterocycles. The first-order valence-electron chi connectivity index (χ1n) is 7.21. The van der Waals surface area contributed by atoms with Crippen molar-refractivity contribution in [2.75, 3.05) is 24.6 Å². The molecule has 0 saturated carbocycles. The summed E-state index contributed by atoms with van der Waals surface area (Å²) in [5, 5.41) is 12.2. The standard InChI is InChI=1S/C14H19N5OS2/c1-4-21-19-5-9(6-19)16-13(20)12-11(15)10-7(2)8(3)17-18-14(10)22-12/h9H,4-6,15H2,1-3H3,(H,16,20). The number of carbonyl (C=O) groups is 1. The van der Waals surface area contributed by atoms with Crippen molar-refractivity contribution in [1.29, 1.82) is 0 Å². The summed E-state index contributed by atoms with van der Waals surface area (Å²) in [7, 11) is 0. The molecule has 1 saturated heterocycles. The molecule has 8 heteroatoms. The highest BCUT2D eigenvalue weighted by Crippen LogP contribution is 2.35. The fraction of sp³-hybridized carbons (Fsp3) is 0.500. The molecule has 0 spiro atoms. The summed E-state index contributed by atoms with van der Waals surface area (Å²) in [4.78, 5) is 13.7. The van der Waals surface area contributed by atoms with Gasteiger partial charge in [-0.2, -0.15) is 5.10 Å². The highest BCUT2D eigenvalue weighted by atomic mass is 32.2. The van der Waals surface area contributed by atoms with E-state index in [-0.39, 0.29) is 11.9 Å². The number of nitrogens with zero attached hydrogens (tertiary/aromatic N) is 3. The maximum absolute atomic E-state index is 12.4. The summed E-state index contributed by atoms with van der Waals surface area (Å²) in [6.07, 6.45) is 0. The summed E-state index contributed by atoms with van der Waals surface area (Å²) >= 11 is 3.11. The molecule has 6 nitrogen and oxygen atoms in total. The van der Waals surface area contributed by atoms with E-state index in [0.29, 0.717) is 10.6 Å². The Morgan fingerprint density at radius 1 is 1.45 bits per heavy atom. The fourth-order valence-corrected chi connectivity index (χ4v) is 4.42. The van der Waals surface area contributed by atoms with E-state index in [9.17, 15) is 4.79 Å². The molecule has 2 aromatic rings. The van der Waals surface area contributed by atoms with Crippen LogP contribution in [0.4, 0.5) is 5.69 Å². The lowest BCUT2D eigenvalue weighted by molar-refractivity contribution is 0.0906. The van der Waals surface area contributed by atoms with E-state index in [4.69, 9.17) is 5.73 Å². The van der Waals surface area contributed by atoms with Crippen LogP contribution in [-0.2, 0) is 0 Å². The van der Waals surface area contributed by atoms with Crippen LogP contribution < -0.4 is 11.1 Å². The third kappa shape index (κ3) is 2.66. The van der Waals surface area contributed by atoms with Crippen LogP contribution in [0.5, 0.6) is 0 Å². The van der Waals surface area contributed by atoms with Crippen LogP contribution in [0.3, 0.4) is 0 Å². The lowest BCUT2D eigenvalue weighted by atomic mass is 10.1. The molecule has 0 atom stereocenters. The number of fused-ring (bicyclic) bond motifs is 1. The Bertz CT molecular complexity index is 724. The van der Waals surface area contributed by atoms with Crippen LogP contribution in [0.2, 0.25) is 0 Å². The van der Waals surface area contributed by atoms with Crippen molar-refractivity contribution in [3.8, 4) is 0 Å². The molecule has 0 aromatic carbocycles. The van der Waals surface area contributed by atoms with Gasteiger partial charge < -0.3 is 11.1 Å². The van der Waals surface area contributed by atoms with Gasteiger partial charge in [-0.15, -0.1) is 16.4 Å². The average Bonchev–Trinajstić information content (AvgIpc) is 2.78. The predicted molar refractivity (Wildman–Crippen MR) is 92.3 cm³/mol. The normalized spacial score (nSPS) is 16.0.